The summed E-state index contributed by atoms with van der Waals surface area (Å²) in [6, 6.07) is 3.07. The Morgan fingerprint density at radius 2 is 1.67 bits per heavy atom. The maximum Gasteiger partial charge on any atom is 0.238 e. The van der Waals surface area contributed by atoms with E-state index in [9.17, 15) is 8.42 Å². The zero-order valence-corrected chi connectivity index (χ0v) is 9.76. The van der Waals surface area contributed by atoms with E-state index >= 15 is 0 Å². The second kappa shape index (κ2) is 4.20. The van der Waals surface area contributed by atoms with Crippen LogP contribution in [0.3, 0.4) is 0 Å². The fraction of sp³-hybridized carbons (Fsp3) is 0.400. The topological polar surface area (TPSA) is 86.2 Å². The zero-order valence-electron chi connectivity index (χ0n) is 8.95. The maximum atomic E-state index is 11.3. The predicted molar refractivity (Wildman–Crippen MR) is 61.0 cm³/mol. The number of anilines is 1. The van der Waals surface area contributed by atoms with Gasteiger partial charge in [0.15, 0.2) is 0 Å². The number of sulfonamides is 1. The Hall–Kier alpha value is -1.07. The lowest BCUT2D eigenvalue weighted by Gasteiger charge is -2.13. The molecule has 0 aliphatic rings. The molecule has 0 saturated heterocycles. The van der Waals surface area contributed by atoms with E-state index in [-0.39, 0.29) is 4.90 Å². The van der Waals surface area contributed by atoms with Crippen molar-refractivity contribution >= 4 is 15.7 Å². The van der Waals surface area contributed by atoms with Crippen molar-refractivity contribution in [2.24, 2.45) is 5.14 Å². The lowest BCUT2D eigenvalue weighted by Crippen LogP contribution is -2.16. The van der Waals surface area contributed by atoms with Gasteiger partial charge in [0.1, 0.15) is 0 Å². The van der Waals surface area contributed by atoms with Gasteiger partial charge >= 0.3 is 0 Å². The molecule has 0 aliphatic heterocycles. The van der Waals surface area contributed by atoms with Crippen molar-refractivity contribution in [1.29, 1.82) is 0 Å². The predicted octanol–water partition coefficient (Wildman–Crippen LogP) is 1.04. The van der Waals surface area contributed by atoms with Gasteiger partial charge < -0.3 is 5.73 Å². The van der Waals surface area contributed by atoms with Gasteiger partial charge in [-0.25, -0.2) is 13.6 Å². The molecule has 0 aromatic heterocycles. The molecular formula is C10H16N2O2S. The van der Waals surface area contributed by atoms with Crippen molar-refractivity contribution in [3.8, 4) is 0 Å². The summed E-state index contributed by atoms with van der Waals surface area (Å²) >= 11 is 0. The van der Waals surface area contributed by atoms with Gasteiger partial charge in [0, 0.05) is 5.69 Å². The molecule has 84 valence electrons. The zero-order chi connectivity index (χ0) is 11.6. The highest BCUT2D eigenvalue weighted by Crippen LogP contribution is 2.25. The molecule has 0 saturated carbocycles. The van der Waals surface area contributed by atoms with Crippen molar-refractivity contribution < 1.29 is 8.42 Å². The average molecular weight is 228 g/mol. The third kappa shape index (κ3) is 2.30. The summed E-state index contributed by atoms with van der Waals surface area (Å²) in [5.41, 5.74) is 8.03. The van der Waals surface area contributed by atoms with Crippen LogP contribution < -0.4 is 10.9 Å². The van der Waals surface area contributed by atoms with Crippen molar-refractivity contribution in [3.05, 3.63) is 23.3 Å². The van der Waals surface area contributed by atoms with Crippen LogP contribution >= 0.6 is 0 Å². The normalized spacial score (nSPS) is 11.7. The fourth-order valence-corrected chi connectivity index (χ4v) is 2.63. The van der Waals surface area contributed by atoms with Crippen molar-refractivity contribution in [3.63, 3.8) is 0 Å². The Labute approximate surface area is 90.3 Å². The Kier molecular flexibility index (Phi) is 3.36. The Morgan fingerprint density at radius 3 is 2.07 bits per heavy atom. The lowest BCUT2D eigenvalue weighted by molar-refractivity contribution is 0.596. The first-order chi connectivity index (χ1) is 6.91. The van der Waals surface area contributed by atoms with Gasteiger partial charge in [-0.2, -0.15) is 0 Å². The summed E-state index contributed by atoms with van der Waals surface area (Å²) in [6.07, 6.45) is 1.32. The second-order valence-corrected chi connectivity index (χ2v) is 4.89. The molecule has 0 amide bonds. The largest absolute Gasteiger partial charge is 0.398 e. The van der Waals surface area contributed by atoms with Crippen LogP contribution in [0, 0.1) is 0 Å². The van der Waals surface area contributed by atoms with E-state index in [2.05, 4.69) is 0 Å². The smallest absolute Gasteiger partial charge is 0.238 e. The van der Waals surface area contributed by atoms with Crippen LogP contribution in [0.5, 0.6) is 0 Å². The molecule has 4 nitrogen and oxygen atoms in total. The van der Waals surface area contributed by atoms with Crippen LogP contribution in [-0.4, -0.2) is 8.42 Å². The van der Waals surface area contributed by atoms with Crippen LogP contribution in [-0.2, 0) is 22.9 Å². The molecule has 0 spiro atoms. The van der Waals surface area contributed by atoms with Gasteiger partial charge in [0.25, 0.3) is 0 Å². The molecule has 0 heterocycles. The summed E-state index contributed by atoms with van der Waals surface area (Å²) in [4.78, 5) is 0.191. The first kappa shape index (κ1) is 12.0. The van der Waals surface area contributed by atoms with Gasteiger partial charge in [-0.15, -0.1) is 0 Å². The summed E-state index contributed by atoms with van der Waals surface area (Å²) in [5.74, 6) is 0. The van der Waals surface area contributed by atoms with E-state index in [0.717, 1.165) is 11.1 Å². The fourth-order valence-electron chi connectivity index (χ4n) is 1.76. The molecule has 1 aromatic rings. The van der Waals surface area contributed by atoms with Crippen LogP contribution in [0.2, 0.25) is 0 Å². The standard InChI is InChI=1S/C10H16N2O2S/c1-3-7-8(4-2)10(15(12,13)14)6-5-9(7)11/h5-6H,3-4,11H2,1-2H3,(H2,12,13,14). The number of hydrogen-bond acceptors (Lipinski definition) is 3. The van der Waals surface area contributed by atoms with E-state index in [1.807, 2.05) is 13.8 Å². The molecule has 0 radical (unpaired) electrons. The number of primary sulfonamides is 1. The van der Waals surface area contributed by atoms with Gasteiger partial charge in [-0.05, 0) is 36.1 Å². The molecule has 1 rings (SSSR count). The number of benzene rings is 1. The van der Waals surface area contributed by atoms with Crippen LogP contribution in [0.1, 0.15) is 25.0 Å². The van der Waals surface area contributed by atoms with Crippen LogP contribution in [0.15, 0.2) is 17.0 Å². The quantitative estimate of drug-likeness (QED) is 0.758. The molecule has 0 bridgehead atoms. The number of nitrogen functional groups attached to an aromatic ring is 1. The van der Waals surface area contributed by atoms with E-state index in [1.165, 1.54) is 6.07 Å². The molecular weight excluding hydrogens is 212 g/mol. The number of nitrogens with two attached hydrogens (primary N) is 2. The third-order valence-electron chi connectivity index (χ3n) is 2.44. The summed E-state index contributed by atoms with van der Waals surface area (Å²) in [5, 5.41) is 5.14. The van der Waals surface area contributed by atoms with Crippen molar-refractivity contribution in [2.45, 2.75) is 31.6 Å². The van der Waals surface area contributed by atoms with Gasteiger partial charge in [-0.1, -0.05) is 13.8 Å². The highest BCUT2D eigenvalue weighted by atomic mass is 32.2. The molecule has 15 heavy (non-hydrogen) atoms. The first-order valence-corrected chi connectivity index (χ1v) is 6.39. The van der Waals surface area contributed by atoms with Crippen molar-refractivity contribution in [2.75, 3.05) is 5.73 Å². The van der Waals surface area contributed by atoms with Gasteiger partial charge in [0.05, 0.1) is 4.90 Å². The van der Waals surface area contributed by atoms with E-state index in [4.69, 9.17) is 10.9 Å². The Bertz CT molecular complexity index is 467. The molecule has 1 aromatic carbocycles. The molecule has 0 fully saturated rings. The summed E-state index contributed by atoms with van der Waals surface area (Å²) in [6.45, 7) is 3.83. The second-order valence-electron chi connectivity index (χ2n) is 3.36. The summed E-state index contributed by atoms with van der Waals surface area (Å²) in [7, 11) is -3.65. The maximum absolute atomic E-state index is 11.3. The Balaban J connectivity index is 3.57. The number of rotatable bonds is 3. The van der Waals surface area contributed by atoms with Crippen LogP contribution in [0.25, 0.3) is 0 Å². The minimum absolute atomic E-state index is 0.191. The molecule has 5 heteroatoms. The van der Waals surface area contributed by atoms with Crippen LogP contribution in [0.4, 0.5) is 5.69 Å². The molecule has 0 aliphatic carbocycles. The summed E-state index contributed by atoms with van der Waals surface area (Å²) < 4.78 is 22.7. The van der Waals surface area contributed by atoms with Gasteiger partial charge in [0.2, 0.25) is 10.0 Å². The van der Waals surface area contributed by atoms with Crippen molar-refractivity contribution in [1.82, 2.24) is 0 Å². The molecule has 0 atom stereocenters. The SMILES string of the molecule is CCc1c(N)ccc(S(N)(=O)=O)c1CC. The van der Waals surface area contributed by atoms with E-state index in [1.54, 1.807) is 6.07 Å². The highest BCUT2D eigenvalue weighted by Gasteiger charge is 2.16. The van der Waals surface area contributed by atoms with E-state index in [0.29, 0.717) is 18.5 Å². The minimum atomic E-state index is -3.65. The monoisotopic (exact) mass is 228 g/mol. The minimum Gasteiger partial charge on any atom is -0.398 e. The van der Waals surface area contributed by atoms with E-state index < -0.39 is 10.0 Å². The Morgan fingerprint density at radius 1 is 1.13 bits per heavy atom. The molecule has 0 unspecified atom stereocenters. The highest BCUT2D eigenvalue weighted by molar-refractivity contribution is 7.89. The lowest BCUT2D eigenvalue weighted by atomic mass is 10.0. The third-order valence-corrected chi connectivity index (χ3v) is 3.43. The molecule has 4 N–H and O–H groups in total. The van der Waals surface area contributed by atoms with Gasteiger partial charge in [-0.3, -0.25) is 0 Å². The number of hydrogen-bond donors (Lipinski definition) is 2. The first-order valence-electron chi connectivity index (χ1n) is 4.84. The average Bonchev–Trinajstić information content (AvgIpc) is 2.15.